The zero-order chi connectivity index (χ0) is 24.6. The number of nitrogens with zero attached hydrogens (tertiary/aromatic N) is 3. The molecule has 8 heteroatoms. The minimum Gasteiger partial charge on any atom is -0.452 e. The number of carbonyl (C=O) groups is 2. The predicted octanol–water partition coefficient (Wildman–Crippen LogP) is 5.26. The van der Waals surface area contributed by atoms with Gasteiger partial charge in [-0.25, -0.2) is 9.48 Å². The summed E-state index contributed by atoms with van der Waals surface area (Å²) in [7, 11) is 0. The molecule has 0 saturated heterocycles. The van der Waals surface area contributed by atoms with Crippen molar-refractivity contribution in [2.24, 2.45) is 0 Å². The van der Waals surface area contributed by atoms with Crippen LogP contribution in [0.1, 0.15) is 11.1 Å². The third-order valence-electron chi connectivity index (χ3n) is 4.95. The van der Waals surface area contributed by atoms with Gasteiger partial charge < -0.3 is 10.1 Å². The number of hydrogen-bond donors (Lipinski definition) is 1. The van der Waals surface area contributed by atoms with Gasteiger partial charge in [0.1, 0.15) is 6.07 Å². The van der Waals surface area contributed by atoms with Crippen LogP contribution < -0.4 is 5.32 Å². The van der Waals surface area contributed by atoms with E-state index in [-0.39, 0.29) is 0 Å². The van der Waals surface area contributed by atoms with Crippen LogP contribution in [0.25, 0.3) is 23.0 Å². The molecular formula is C27H19ClN4O3. The topological polar surface area (TPSA) is 97.0 Å². The first-order valence-electron chi connectivity index (χ1n) is 10.6. The van der Waals surface area contributed by atoms with E-state index in [4.69, 9.17) is 21.6 Å². The van der Waals surface area contributed by atoms with E-state index in [1.165, 1.54) is 6.08 Å². The van der Waals surface area contributed by atoms with Crippen molar-refractivity contribution in [2.75, 3.05) is 11.9 Å². The Hall–Kier alpha value is -4.67. The fraction of sp³-hybridized carbons (Fsp3) is 0.0370. The summed E-state index contributed by atoms with van der Waals surface area (Å²) in [6, 6.07) is 25.4. The molecule has 172 valence electrons. The highest BCUT2D eigenvalue weighted by Crippen LogP contribution is 2.26. The summed E-state index contributed by atoms with van der Waals surface area (Å²) in [5.41, 5.74) is 3.69. The van der Waals surface area contributed by atoms with Gasteiger partial charge in [0.05, 0.1) is 22.6 Å². The van der Waals surface area contributed by atoms with Crippen LogP contribution in [0, 0.1) is 11.3 Å². The van der Waals surface area contributed by atoms with Crippen LogP contribution in [-0.2, 0) is 14.3 Å². The van der Waals surface area contributed by atoms with Gasteiger partial charge in [0, 0.05) is 28.4 Å². The standard InChI is InChI=1S/C27H19ClN4O3/c28-22-13-10-19(11-14-22)27-21(17-32(31-27)23-7-2-1-3-8-23)12-15-26(34)35-18-25(33)30-24-9-5-4-6-20(24)16-29/h1-15,17H,18H2,(H,30,33)/b15-12+. The monoisotopic (exact) mass is 482 g/mol. The van der Waals surface area contributed by atoms with Crippen LogP contribution in [0.3, 0.4) is 0 Å². The van der Waals surface area contributed by atoms with Crippen LogP contribution in [0.5, 0.6) is 0 Å². The molecule has 3 aromatic carbocycles. The summed E-state index contributed by atoms with van der Waals surface area (Å²) in [5, 5.41) is 17.0. The third-order valence-corrected chi connectivity index (χ3v) is 5.20. The third kappa shape index (κ3) is 6.02. The van der Waals surface area contributed by atoms with Crippen LogP contribution in [0.2, 0.25) is 5.02 Å². The minimum absolute atomic E-state index is 0.317. The molecule has 0 aliphatic rings. The van der Waals surface area contributed by atoms with Gasteiger partial charge in [0.15, 0.2) is 6.61 Å². The predicted molar refractivity (Wildman–Crippen MR) is 134 cm³/mol. The van der Waals surface area contributed by atoms with E-state index in [0.717, 1.165) is 11.3 Å². The van der Waals surface area contributed by atoms with Gasteiger partial charge in [0.25, 0.3) is 5.91 Å². The molecule has 1 aromatic heterocycles. The average molecular weight is 483 g/mol. The zero-order valence-electron chi connectivity index (χ0n) is 18.4. The number of esters is 1. The largest absolute Gasteiger partial charge is 0.452 e. The van der Waals surface area contributed by atoms with Gasteiger partial charge in [-0.1, -0.05) is 54.1 Å². The lowest BCUT2D eigenvalue weighted by molar-refractivity contribution is -0.142. The molecule has 0 spiro atoms. The van der Waals surface area contributed by atoms with Gasteiger partial charge in [-0.3, -0.25) is 4.79 Å². The fourth-order valence-electron chi connectivity index (χ4n) is 3.27. The van der Waals surface area contributed by atoms with Gasteiger partial charge in [-0.05, 0) is 42.5 Å². The van der Waals surface area contributed by atoms with E-state index in [9.17, 15) is 9.59 Å². The van der Waals surface area contributed by atoms with Crippen LogP contribution in [-0.4, -0.2) is 28.3 Å². The lowest BCUT2D eigenvalue weighted by Gasteiger charge is -2.06. The molecule has 1 heterocycles. The normalized spacial score (nSPS) is 10.6. The van der Waals surface area contributed by atoms with E-state index in [0.29, 0.717) is 27.5 Å². The number of halogens is 1. The van der Waals surface area contributed by atoms with E-state index in [1.54, 1.807) is 53.4 Å². The van der Waals surface area contributed by atoms with Crippen molar-refractivity contribution >= 4 is 35.2 Å². The number of ether oxygens (including phenoxy) is 1. The molecule has 0 fully saturated rings. The first-order valence-corrected chi connectivity index (χ1v) is 11.0. The molecule has 0 saturated carbocycles. The quantitative estimate of drug-likeness (QED) is 0.286. The van der Waals surface area contributed by atoms with Crippen LogP contribution in [0.15, 0.2) is 91.1 Å². The molecule has 35 heavy (non-hydrogen) atoms. The Morgan fingerprint density at radius 1 is 1.03 bits per heavy atom. The van der Waals surface area contributed by atoms with Gasteiger partial charge >= 0.3 is 5.97 Å². The molecule has 7 nitrogen and oxygen atoms in total. The van der Waals surface area contributed by atoms with Crippen molar-refractivity contribution < 1.29 is 14.3 Å². The molecule has 4 rings (SSSR count). The smallest absolute Gasteiger partial charge is 0.331 e. The van der Waals surface area contributed by atoms with Crippen molar-refractivity contribution in [1.29, 1.82) is 5.26 Å². The highest BCUT2D eigenvalue weighted by Gasteiger charge is 2.12. The molecule has 0 bridgehead atoms. The first kappa shape index (κ1) is 23.5. The van der Waals surface area contributed by atoms with Gasteiger partial charge in [0.2, 0.25) is 0 Å². The average Bonchev–Trinajstić information content (AvgIpc) is 3.32. The SMILES string of the molecule is N#Cc1ccccc1NC(=O)COC(=O)/C=C/c1cn(-c2ccccc2)nc1-c1ccc(Cl)cc1. The molecule has 1 amide bonds. The second kappa shape index (κ2) is 11.0. The number of amides is 1. The Balaban J connectivity index is 1.48. The zero-order valence-corrected chi connectivity index (χ0v) is 19.1. The maximum absolute atomic E-state index is 12.3. The van der Waals surface area contributed by atoms with E-state index in [2.05, 4.69) is 10.4 Å². The summed E-state index contributed by atoms with van der Waals surface area (Å²) < 4.78 is 6.78. The van der Waals surface area contributed by atoms with Crippen LogP contribution in [0.4, 0.5) is 5.69 Å². The Bertz CT molecular complexity index is 1420. The Morgan fingerprint density at radius 3 is 2.49 bits per heavy atom. The number of nitrogens with one attached hydrogen (secondary N) is 1. The van der Waals surface area contributed by atoms with Gasteiger partial charge in [-0.2, -0.15) is 10.4 Å². The van der Waals surface area contributed by atoms with Crippen molar-refractivity contribution in [2.45, 2.75) is 0 Å². The van der Waals surface area contributed by atoms with E-state index in [1.807, 2.05) is 48.5 Å². The molecular weight excluding hydrogens is 464 g/mol. The number of nitriles is 1. The molecule has 0 aliphatic heterocycles. The second-order valence-electron chi connectivity index (χ2n) is 7.37. The molecule has 0 unspecified atom stereocenters. The molecule has 0 atom stereocenters. The van der Waals surface area contributed by atoms with Gasteiger partial charge in [-0.15, -0.1) is 0 Å². The molecule has 1 N–H and O–H groups in total. The summed E-state index contributed by atoms with van der Waals surface area (Å²) in [6.45, 7) is -0.490. The molecule has 0 radical (unpaired) electrons. The highest BCUT2D eigenvalue weighted by molar-refractivity contribution is 6.30. The number of rotatable bonds is 7. The van der Waals surface area contributed by atoms with Crippen LogP contribution >= 0.6 is 11.6 Å². The van der Waals surface area contributed by atoms with Crippen molar-refractivity contribution in [3.63, 3.8) is 0 Å². The lowest BCUT2D eigenvalue weighted by atomic mass is 10.1. The fourth-order valence-corrected chi connectivity index (χ4v) is 3.40. The number of carbonyl (C=O) groups excluding carboxylic acids is 2. The second-order valence-corrected chi connectivity index (χ2v) is 7.80. The maximum atomic E-state index is 12.3. The molecule has 4 aromatic rings. The summed E-state index contributed by atoms with van der Waals surface area (Å²) in [5.74, 6) is -1.24. The highest BCUT2D eigenvalue weighted by atomic mass is 35.5. The lowest BCUT2D eigenvalue weighted by Crippen LogP contribution is -2.20. The molecule has 0 aliphatic carbocycles. The maximum Gasteiger partial charge on any atom is 0.331 e. The van der Waals surface area contributed by atoms with Crippen molar-refractivity contribution in [1.82, 2.24) is 9.78 Å². The van der Waals surface area contributed by atoms with Crippen molar-refractivity contribution in [3.05, 3.63) is 107 Å². The van der Waals surface area contributed by atoms with Crippen molar-refractivity contribution in [3.8, 4) is 23.0 Å². The summed E-state index contributed by atoms with van der Waals surface area (Å²) >= 11 is 6.02. The number of para-hydroxylation sites is 2. The summed E-state index contributed by atoms with van der Waals surface area (Å²) in [4.78, 5) is 24.4. The van der Waals surface area contributed by atoms with E-state index < -0.39 is 18.5 Å². The summed E-state index contributed by atoms with van der Waals surface area (Å²) in [6.07, 6.45) is 4.62. The first-order chi connectivity index (χ1) is 17.0. The minimum atomic E-state index is -0.691. The number of benzene rings is 3. The Kier molecular flexibility index (Phi) is 7.36. The number of aromatic nitrogens is 2. The van der Waals surface area contributed by atoms with E-state index >= 15 is 0 Å². The number of anilines is 1. The Labute approximate surface area is 206 Å². The Morgan fingerprint density at radius 2 is 1.74 bits per heavy atom. The number of hydrogen-bond acceptors (Lipinski definition) is 5.